The number of ether oxygens (including phenoxy) is 2. The SMILES string of the molecule is CCC(CC)(CNC(=NC)NCCCCC(=O)OC)NC(=O)OC(C)(C)C. The van der Waals surface area contributed by atoms with Gasteiger partial charge in [-0.25, -0.2) is 4.79 Å². The number of esters is 1. The van der Waals surface area contributed by atoms with Crippen LogP contribution in [-0.4, -0.2) is 56.4 Å². The van der Waals surface area contributed by atoms with E-state index in [9.17, 15) is 9.59 Å². The second-order valence-corrected chi connectivity index (χ2v) is 7.50. The highest BCUT2D eigenvalue weighted by Gasteiger charge is 2.30. The van der Waals surface area contributed by atoms with E-state index in [4.69, 9.17) is 4.74 Å². The Morgan fingerprint density at radius 3 is 2.15 bits per heavy atom. The zero-order valence-electron chi connectivity index (χ0n) is 18.0. The number of methoxy groups -OCH3 is 1. The summed E-state index contributed by atoms with van der Waals surface area (Å²) in [6.07, 6.45) is 3.10. The van der Waals surface area contributed by atoms with Crippen molar-refractivity contribution in [1.82, 2.24) is 16.0 Å². The molecule has 27 heavy (non-hydrogen) atoms. The molecule has 0 saturated heterocycles. The molecule has 0 saturated carbocycles. The molecule has 8 heteroatoms. The fourth-order valence-electron chi connectivity index (χ4n) is 2.42. The summed E-state index contributed by atoms with van der Waals surface area (Å²) in [5.74, 6) is 0.465. The molecule has 3 N–H and O–H groups in total. The van der Waals surface area contributed by atoms with E-state index in [0.717, 1.165) is 25.7 Å². The summed E-state index contributed by atoms with van der Waals surface area (Å²) in [7, 11) is 3.09. The van der Waals surface area contributed by atoms with Crippen LogP contribution >= 0.6 is 0 Å². The molecule has 0 fully saturated rings. The van der Waals surface area contributed by atoms with Gasteiger partial charge in [0.1, 0.15) is 5.60 Å². The van der Waals surface area contributed by atoms with Gasteiger partial charge < -0.3 is 25.4 Å². The van der Waals surface area contributed by atoms with Crippen molar-refractivity contribution in [3.8, 4) is 0 Å². The summed E-state index contributed by atoms with van der Waals surface area (Å²) in [6, 6.07) is 0. The summed E-state index contributed by atoms with van der Waals surface area (Å²) >= 11 is 0. The molecule has 1 amide bonds. The molecule has 0 heterocycles. The van der Waals surface area contributed by atoms with Crippen molar-refractivity contribution in [1.29, 1.82) is 0 Å². The van der Waals surface area contributed by atoms with Crippen LogP contribution in [-0.2, 0) is 14.3 Å². The first-order valence-corrected chi connectivity index (χ1v) is 9.64. The average molecular weight is 387 g/mol. The molecular formula is C19H38N4O4. The van der Waals surface area contributed by atoms with E-state index in [2.05, 4.69) is 25.7 Å². The highest BCUT2D eigenvalue weighted by Crippen LogP contribution is 2.16. The van der Waals surface area contributed by atoms with Gasteiger partial charge in [0.2, 0.25) is 0 Å². The number of carbonyl (C=O) groups excluding carboxylic acids is 2. The van der Waals surface area contributed by atoms with E-state index < -0.39 is 17.2 Å². The van der Waals surface area contributed by atoms with Crippen molar-refractivity contribution in [3.05, 3.63) is 0 Å². The topological polar surface area (TPSA) is 101 Å². The van der Waals surface area contributed by atoms with Crippen LogP contribution in [0.3, 0.4) is 0 Å². The lowest BCUT2D eigenvalue weighted by atomic mass is 9.93. The van der Waals surface area contributed by atoms with Crippen LogP contribution < -0.4 is 16.0 Å². The average Bonchev–Trinajstić information content (AvgIpc) is 2.60. The van der Waals surface area contributed by atoms with Gasteiger partial charge in [-0.1, -0.05) is 13.8 Å². The maximum atomic E-state index is 12.2. The first kappa shape index (κ1) is 25.0. The van der Waals surface area contributed by atoms with Gasteiger partial charge in [-0.05, 0) is 46.5 Å². The number of carbonyl (C=O) groups is 2. The molecular weight excluding hydrogens is 348 g/mol. The van der Waals surface area contributed by atoms with Gasteiger partial charge >= 0.3 is 12.1 Å². The lowest BCUT2D eigenvalue weighted by Crippen LogP contribution is -2.57. The van der Waals surface area contributed by atoms with E-state index in [1.54, 1.807) is 7.05 Å². The molecule has 0 aliphatic rings. The highest BCUT2D eigenvalue weighted by molar-refractivity contribution is 5.79. The van der Waals surface area contributed by atoms with E-state index in [-0.39, 0.29) is 5.97 Å². The summed E-state index contributed by atoms with van der Waals surface area (Å²) in [6.45, 7) is 10.8. The smallest absolute Gasteiger partial charge is 0.408 e. The third-order valence-corrected chi connectivity index (χ3v) is 4.27. The van der Waals surface area contributed by atoms with Crippen molar-refractivity contribution < 1.29 is 19.1 Å². The van der Waals surface area contributed by atoms with Crippen LogP contribution in [0.15, 0.2) is 4.99 Å². The number of rotatable bonds is 10. The number of aliphatic imine (C=N–C) groups is 1. The van der Waals surface area contributed by atoms with E-state index in [1.807, 2.05) is 34.6 Å². The Bertz CT molecular complexity index is 483. The zero-order chi connectivity index (χ0) is 20.9. The monoisotopic (exact) mass is 386 g/mol. The fourth-order valence-corrected chi connectivity index (χ4v) is 2.42. The lowest BCUT2D eigenvalue weighted by Gasteiger charge is -2.34. The molecule has 0 unspecified atom stereocenters. The van der Waals surface area contributed by atoms with Gasteiger partial charge in [0.15, 0.2) is 5.96 Å². The van der Waals surface area contributed by atoms with Crippen LogP contribution in [0.25, 0.3) is 0 Å². The Balaban J connectivity index is 4.50. The van der Waals surface area contributed by atoms with Crippen LogP contribution in [0.2, 0.25) is 0 Å². The Morgan fingerprint density at radius 1 is 1.04 bits per heavy atom. The van der Waals surface area contributed by atoms with Gasteiger partial charge in [-0.3, -0.25) is 9.79 Å². The van der Waals surface area contributed by atoms with Gasteiger partial charge in [0, 0.05) is 26.6 Å². The number of hydrogen-bond acceptors (Lipinski definition) is 5. The molecule has 8 nitrogen and oxygen atoms in total. The van der Waals surface area contributed by atoms with Crippen LogP contribution in [0.5, 0.6) is 0 Å². The van der Waals surface area contributed by atoms with E-state index in [0.29, 0.717) is 25.5 Å². The highest BCUT2D eigenvalue weighted by atomic mass is 16.6. The van der Waals surface area contributed by atoms with Gasteiger partial charge in [-0.2, -0.15) is 0 Å². The second kappa shape index (κ2) is 12.4. The summed E-state index contributed by atoms with van der Waals surface area (Å²) < 4.78 is 10.0. The Hall–Kier alpha value is -1.99. The Kier molecular flexibility index (Phi) is 11.5. The number of alkyl carbamates (subject to hydrolysis) is 1. The van der Waals surface area contributed by atoms with E-state index >= 15 is 0 Å². The van der Waals surface area contributed by atoms with Crippen molar-refractivity contribution in [2.24, 2.45) is 4.99 Å². The number of nitrogens with zero attached hydrogens (tertiary/aromatic N) is 1. The molecule has 0 bridgehead atoms. The zero-order valence-corrected chi connectivity index (χ0v) is 18.0. The predicted octanol–water partition coefficient (Wildman–Crippen LogP) is 2.58. The quantitative estimate of drug-likeness (QED) is 0.231. The first-order valence-electron chi connectivity index (χ1n) is 9.64. The Labute approximate surface area is 163 Å². The molecule has 0 aliphatic carbocycles. The lowest BCUT2D eigenvalue weighted by molar-refractivity contribution is -0.140. The molecule has 0 aromatic carbocycles. The number of hydrogen-bond donors (Lipinski definition) is 3. The van der Waals surface area contributed by atoms with Crippen molar-refractivity contribution in [3.63, 3.8) is 0 Å². The van der Waals surface area contributed by atoms with Crippen molar-refractivity contribution in [2.45, 2.75) is 77.9 Å². The third-order valence-electron chi connectivity index (χ3n) is 4.27. The molecule has 158 valence electrons. The largest absolute Gasteiger partial charge is 0.469 e. The Morgan fingerprint density at radius 2 is 1.67 bits per heavy atom. The summed E-state index contributed by atoms with van der Waals surface area (Å²) in [4.78, 5) is 27.5. The standard InChI is InChI=1S/C19H38N4O4/c1-8-19(9-2,23-17(25)27-18(3,4)5)14-22-16(20-6)21-13-11-10-12-15(24)26-7/h8-14H2,1-7H3,(H,23,25)(H2,20,21,22). The first-order chi connectivity index (χ1) is 12.6. The van der Waals surface area contributed by atoms with Gasteiger partial charge in [0.25, 0.3) is 0 Å². The summed E-state index contributed by atoms with van der Waals surface area (Å²) in [5, 5.41) is 9.49. The normalized spacial score (nSPS) is 12.3. The molecule has 0 aromatic heterocycles. The minimum Gasteiger partial charge on any atom is -0.469 e. The van der Waals surface area contributed by atoms with Gasteiger partial charge in [-0.15, -0.1) is 0 Å². The molecule has 0 rings (SSSR count). The molecule has 0 atom stereocenters. The van der Waals surface area contributed by atoms with Crippen LogP contribution in [0.4, 0.5) is 4.79 Å². The molecule has 0 aromatic rings. The van der Waals surface area contributed by atoms with Gasteiger partial charge in [0.05, 0.1) is 12.6 Å². The third kappa shape index (κ3) is 11.4. The van der Waals surface area contributed by atoms with E-state index in [1.165, 1.54) is 7.11 Å². The fraction of sp³-hybridized carbons (Fsp3) is 0.842. The van der Waals surface area contributed by atoms with Crippen LogP contribution in [0.1, 0.15) is 66.7 Å². The maximum Gasteiger partial charge on any atom is 0.408 e. The molecule has 0 aliphatic heterocycles. The predicted molar refractivity (Wildman–Crippen MR) is 108 cm³/mol. The number of nitrogens with one attached hydrogen (secondary N) is 3. The number of amides is 1. The number of guanidine groups is 1. The number of unbranched alkanes of at least 4 members (excludes halogenated alkanes) is 1. The minimum absolute atomic E-state index is 0.193. The van der Waals surface area contributed by atoms with Crippen molar-refractivity contribution >= 4 is 18.0 Å². The van der Waals surface area contributed by atoms with Crippen molar-refractivity contribution in [2.75, 3.05) is 27.2 Å². The minimum atomic E-state index is -0.535. The maximum absolute atomic E-state index is 12.2. The molecule has 0 spiro atoms. The second-order valence-electron chi connectivity index (χ2n) is 7.50. The molecule has 0 radical (unpaired) electrons. The summed E-state index contributed by atoms with van der Waals surface area (Å²) in [5.41, 5.74) is -0.961. The van der Waals surface area contributed by atoms with Crippen LogP contribution in [0, 0.1) is 0 Å².